The van der Waals surface area contributed by atoms with Crippen molar-refractivity contribution < 1.29 is 19.1 Å². The lowest BCUT2D eigenvalue weighted by molar-refractivity contribution is -0.123. The summed E-state index contributed by atoms with van der Waals surface area (Å²) in [6.45, 7) is 2.05. The summed E-state index contributed by atoms with van der Waals surface area (Å²) in [5.41, 5.74) is 0.931. The smallest absolute Gasteiger partial charge is 0.338 e. The predicted octanol–water partition coefficient (Wildman–Crippen LogP) is 3.15. The van der Waals surface area contributed by atoms with Crippen LogP contribution in [-0.4, -0.2) is 34.0 Å². The van der Waals surface area contributed by atoms with Crippen LogP contribution in [-0.2, 0) is 14.3 Å². The van der Waals surface area contributed by atoms with Crippen LogP contribution >= 0.6 is 31.9 Å². The quantitative estimate of drug-likeness (QED) is 0.386. The molecule has 1 saturated heterocycles. The highest BCUT2D eigenvalue weighted by Gasteiger charge is 2.66. The molecule has 6 atom stereocenters. The summed E-state index contributed by atoms with van der Waals surface area (Å²) < 4.78 is 4.96. The zero-order valence-electron chi connectivity index (χ0n) is 13.5. The van der Waals surface area contributed by atoms with E-state index in [0.29, 0.717) is 17.9 Å². The third-order valence-electron chi connectivity index (χ3n) is 5.62. The van der Waals surface area contributed by atoms with Gasteiger partial charge in [-0.25, -0.2) is 4.79 Å². The summed E-state index contributed by atoms with van der Waals surface area (Å²) in [6, 6.07) is 6.47. The second-order valence-electron chi connectivity index (χ2n) is 6.78. The maximum absolute atomic E-state index is 12.9. The van der Waals surface area contributed by atoms with Gasteiger partial charge in [0.1, 0.15) is 0 Å². The van der Waals surface area contributed by atoms with E-state index in [1.54, 1.807) is 31.2 Å². The van der Waals surface area contributed by atoms with Gasteiger partial charge in [-0.2, -0.15) is 0 Å². The van der Waals surface area contributed by atoms with Gasteiger partial charge >= 0.3 is 5.97 Å². The Morgan fingerprint density at radius 3 is 2.08 bits per heavy atom. The minimum atomic E-state index is -0.410. The van der Waals surface area contributed by atoms with Gasteiger partial charge in [0.05, 0.1) is 29.7 Å². The maximum Gasteiger partial charge on any atom is 0.338 e. The van der Waals surface area contributed by atoms with Crippen molar-refractivity contribution in [1.29, 1.82) is 0 Å². The number of ether oxygens (including phenoxy) is 1. The fourth-order valence-corrected chi connectivity index (χ4v) is 6.44. The van der Waals surface area contributed by atoms with Crippen LogP contribution < -0.4 is 4.90 Å². The standard InChI is InChI=1S/C18H17Br2NO4/c1-2-25-18(24)8-3-5-9(6-4-8)21-16(22)12-10-7-11(13(12)17(21)23)15(20)14(10)19/h3-6,10-15H,2,7H2,1H3/t10-,11-,12-,13+,14+,15+/m1/s1. The lowest BCUT2D eigenvalue weighted by Gasteiger charge is -2.28. The molecule has 5 nitrogen and oxygen atoms in total. The van der Waals surface area contributed by atoms with Gasteiger partial charge in [-0.05, 0) is 49.4 Å². The van der Waals surface area contributed by atoms with E-state index >= 15 is 0 Å². The van der Waals surface area contributed by atoms with Gasteiger partial charge in [0, 0.05) is 9.65 Å². The molecular weight excluding hydrogens is 454 g/mol. The van der Waals surface area contributed by atoms with Crippen molar-refractivity contribution in [1.82, 2.24) is 0 Å². The molecule has 2 bridgehead atoms. The summed E-state index contributed by atoms with van der Waals surface area (Å²) in [5, 5.41) is 0. The van der Waals surface area contributed by atoms with E-state index in [2.05, 4.69) is 31.9 Å². The molecule has 0 N–H and O–H groups in total. The molecule has 2 amide bonds. The van der Waals surface area contributed by atoms with E-state index in [4.69, 9.17) is 4.74 Å². The van der Waals surface area contributed by atoms with Crippen LogP contribution in [0.4, 0.5) is 5.69 Å². The number of fused-ring (bicyclic) bond motifs is 5. The molecule has 0 aromatic heterocycles. The fourth-order valence-electron chi connectivity index (χ4n) is 4.56. The first-order valence-corrected chi connectivity index (χ1v) is 10.2. The number of hydrogen-bond acceptors (Lipinski definition) is 4. The van der Waals surface area contributed by atoms with Crippen LogP contribution in [0.1, 0.15) is 23.7 Å². The third-order valence-corrected chi connectivity index (χ3v) is 8.83. The highest BCUT2D eigenvalue weighted by Crippen LogP contribution is 2.60. The lowest BCUT2D eigenvalue weighted by Crippen LogP contribution is -2.37. The monoisotopic (exact) mass is 469 g/mol. The summed E-state index contributed by atoms with van der Waals surface area (Å²) in [7, 11) is 0. The normalized spacial score (nSPS) is 36.0. The van der Waals surface area contributed by atoms with Crippen molar-refractivity contribution in [2.24, 2.45) is 23.7 Å². The highest BCUT2D eigenvalue weighted by atomic mass is 79.9. The summed E-state index contributed by atoms with van der Waals surface area (Å²) in [4.78, 5) is 39.4. The zero-order valence-corrected chi connectivity index (χ0v) is 16.7. The highest BCUT2D eigenvalue weighted by molar-refractivity contribution is 9.12. The van der Waals surface area contributed by atoms with Gasteiger partial charge in [-0.15, -0.1) is 0 Å². The Labute approximate surface area is 162 Å². The molecule has 1 aromatic carbocycles. The van der Waals surface area contributed by atoms with Crippen molar-refractivity contribution in [2.75, 3.05) is 11.5 Å². The molecule has 3 aliphatic rings. The number of halogens is 2. The van der Waals surface area contributed by atoms with Crippen LogP contribution in [0.25, 0.3) is 0 Å². The minimum absolute atomic E-state index is 0.116. The molecule has 0 spiro atoms. The van der Waals surface area contributed by atoms with Gasteiger partial charge in [-0.1, -0.05) is 31.9 Å². The van der Waals surface area contributed by atoms with Gasteiger partial charge < -0.3 is 4.74 Å². The van der Waals surface area contributed by atoms with Crippen molar-refractivity contribution in [3.8, 4) is 0 Å². The number of esters is 1. The number of imide groups is 1. The molecule has 0 radical (unpaired) electrons. The van der Waals surface area contributed by atoms with Crippen molar-refractivity contribution >= 4 is 55.3 Å². The number of carbonyl (C=O) groups is 3. The van der Waals surface area contributed by atoms with Crippen LogP contribution in [0, 0.1) is 23.7 Å². The number of benzene rings is 1. The van der Waals surface area contributed by atoms with Gasteiger partial charge in [0.15, 0.2) is 0 Å². The molecule has 25 heavy (non-hydrogen) atoms. The molecule has 2 saturated carbocycles. The van der Waals surface area contributed by atoms with Crippen molar-refractivity contribution in [3.05, 3.63) is 29.8 Å². The molecular formula is C18H17Br2NO4. The average molecular weight is 471 g/mol. The lowest BCUT2D eigenvalue weighted by atomic mass is 9.81. The van der Waals surface area contributed by atoms with Crippen LogP contribution in [0.15, 0.2) is 24.3 Å². The number of alkyl halides is 2. The topological polar surface area (TPSA) is 63.7 Å². The molecule has 1 aromatic rings. The number of nitrogens with zero attached hydrogens (tertiary/aromatic N) is 1. The number of carbonyl (C=O) groups excluding carboxylic acids is 3. The van der Waals surface area contributed by atoms with Crippen molar-refractivity contribution in [2.45, 2.75) is 23.0 Å². The fraction of sp³-hybridized carbons (Fsp3) is 0.500. The number of anilines is 1. The number of amides is 2. The van der Waals surface area contributed by atoms with Gasteiger partial charge in [0.2, 0.25) is 11.8 Å². The second kappa shape index (κ2) is 6.20. The van der Waals surface area contributed by atoms with Crippen LogP contribution in [0.2, 0.25) is 0 Å². The van der Waals surface area contributed by atoms with Crippen LogP contribution in [0.5, 0.6) is 0 Å². The van der Waals surface area contributed by atoms with Crippen LogP contribution in [0.3, 0.4) is 0 Å². The summed E-state index contributed by atoms with van der Waals surface area (Å²) in [6.07, 6.45) is 0.911. The maximum atomic E-state index is 12.9. The van der Waals surface area contributed by atoms with E-state index in [0.717, 1.165) is 6.42 Å². The molecule has 132 valence electrons. The second-order valence-corrected chi connectivity index (χ2v) is 8.90. The van der Waals surface area contributed by atoms with Gasteiger partial charge in [0.25, 0.3) is 0 Å². The van der Waals surface area contributed by atoms with E-state index in [1.807, 2.05) is 0 Å². The molecule has 2 aliphatic carbocycles. The Morgan fingerprint density at radius 2 is 1.60 bits per heavy atom. The third kappa shape index (κ3) is 2.42. The largest absolute Gasteiger partial charge is 0.462 e. The summed E-state index contributed by atoms with van der Waals surface area (Å²) >= 11 is 7.36. The van der Waals surface area contributed by atoms with E-state index in [9.17, 15) is 14.4 Å². The molecule has 0 unspecified atom stereocenters. The molecule has 3 fully saturated rings. The Morgan fingerprint density at radius 1 is 1.08 bits per heavy atom. The summed E-state index contributed by atoms with van der Waals surface area (Å²) in [5.74, 6) is -0.724. The Bertz CT molecular complexity index is 718. The SMILES string of the molecule is CCOC(=O)c1ccc(N2C(=O)[C@@H]3[C@H]4C[C@@H]([C@H](Br)[C@H]4Br)[C@@H]3C2=O)cc1. The molecule has 1 aliphatic heterocycles. The van der Waals surface area contributed by atoms with Gasteiger partial charge in [-0.3, -0.25) is 14.5 Å². The van der Waals surface area contributed by atoms with E-state index in [-0.39, 0.29) is 45.1 Å². The van der Waals surface area contributed by atoms with E-state index in [1.165, 1.54) is 4.90 Å². The molecule has 4 rings (SSSR count). The zero-order chi connectivity index (χ0) is 17.9. The van der Waals surface area contributed by atoms with Crippen molar-refractivity contribution in [3.63, 3.8) is 0 Å². The Hall–Kier alpha value is -1.21. The predicted molar refractivity (Wildman–Crippen MR) is 98.9 cm³/mol. The average Bonchev–Trinajstić information content (AvgIpc) is 3.20. The first-order valence-electron chi connectivity index (χ1n) is 8.38. The first kappa shape index (κ1) is 17.2. The Balaban J connectivity index is 1.61. The minimum Gasteiger partial charge on any atom is -0.462 e. The first-order chi connectivity index (χ1) is 12.0. The number of hydrogen-bond donors (Lipinski definition) is 0. The van der Waals surface area contributed by atoms with E-state index < -0.39 is 5.97 Å². The molecule has 1 heterocycles. The number of rotatable bonds is 3. The Kier molecular flexibility index (Phi) is 4.27. The molecule has 7 heteroatoms.